The monoisotopic (exact) mass is 454 g/mol. The van der Waals surface area contributed by atoms with Gasteiger partial charge in [-0.1, -0.05) is 29.5 Å². The van der Waals surface area contributed by atoms with Crippen LogP contribution in [0.3, 0.4) is 0 Å². The molecule has 0 aliphatic heterocycles. The first-order valence-corrected chi connectivity index (χ1v) is 6.04. The van der Waals surface area contributed by atoms with E-state index in [1.807, 2.05) is 0 Å². The number of alkyl halides is 12. The highest BCUT2D eigenvalue weighted by Gasteiger charge is 2.78. The molecule has 0 aromatic heterocycles. The second kappa shape index (κ2) is 5.85. The number of rotatable bonds is 5. The van der Waals surface area contributed by atoms with Crippen molar-refractivity contribution >= 4 is 22.6 Å². The molecule has 0 aromatic rings. The van der Waals surface area contributed by atoms with Crippen LogP contribution in [0.1, 0.15) is 13.3 Å². The van der Waals surface area contributed by atoms with Gasteiger partial charge in [-0.3, -0.25) is 4.74 Å². The second-order valence-corrected chi connectivity index (χ2v) is 6.03. The van der Waals surface area contributed by atoms with Gasteiger partial charge in [0.2, 0.25) is 0 Å². The molecule has 0 aliphatic rings. The highest BCUT2D eigenvalue weighted by molar-refractivity contribution is 14.1. The lowest BCUT2D eigenvalue weighted by Crippen LogP contribution is -2.59. The Hall–Kier alpha value is -0.0800. The fraction of sp³-hybridized carbons (Fsp3) is 1.00. The van der Waals surface area contributed by atoms with E-state index < -0.39 is 40.6 Å². The van der Waals surface area contributed by atoms with Crippen LogP contribution in [0.5, 0.6) is 0 Å². The van der Waals surface area contributed by atoms with Gasteiger partial charge in [0, 0.05) is 10.3 Å². The summed E-state index contributed by atoms with van der Waals surface area (Å²) in [6.45, 7) is 0.879. The van der Waals surface area contributed by atoms with Gasteiger partial charge in [0.25, 0.3) is 0 Å². The molecular weight excluding hydrogens is 448 g/mol. The minimum atomic E-state index is -7.00. The Bertz CT molecular complexity index is 360. The van der Waals surface area contributed by atoms with Crippen LogP contribution in [-0.4, -0.2) is 34.2 Å². The molecule has 13 heteroatoms. The topological polar surface area (TPSA) is 9.23 Å². The van der Waals surface area contributed by atoms with E-state index in [2.05, 4.69) is 4.74 Å². The van der Waals surface area contributed by atoms with Crippen molar-refractivity contribution < 1.29 is 53.0 Å². The van der Waals surface area contributed by atoms with Crippen LogP contribution >= 0.6 is 22.6 Å². The molecular formula is C8H6F11IO. The molecule has 0 saturated carbocycles. The maximum atomic E-state index is 13.4. The molecule has 0 N–H and O–H groups in total. The molecule has 128 valence electrons. The zero-order valence-electron chi connectivity index (χ0n) is 9.73. The highest BCUT2D eigenvalue weighted by atomic mass is 127. The maximum Gasteiger partial charge on any atom is 0.462 e. The summed E-state index contributed by atoms with van der Waals surface area (Å²) in [6.07, 6.45) is -21.8. The van der Waals surface area contributed by atoms with Crippen LogP contribution in [-0.2, 0) is 4.74 Å². The van der Waals surface area contributed by atoms with Crippen molar-refractivity contribution in [2.45, 2.75) is 47.5 Å². The molecule has 0 spiro atoms. The zero-order valence-corrected chi connectivity index (χ0v) is 11.9. The van der Waals surface area contributed by atoms with Gasteiger partial charge in [0.1, 0.15) is 0 Å². The summed E-state index contributed by atoms with van der Waals surface area (Å²) in [5.74, 6) is -12.4. The van der Waals surface area contributed by atoms with Crippen molar-refractivity contribution in [3.63, 3.8) is 0 Å². The molecule has 21 heavy (non-hydrogen) atoms. The lowest BCUT2D eigenvalue weighted by molar-refractivity contribution is -0.483. The summed E-state index contributed by atoms with van der Waals surface area (Å²) in [7, 11) is 0. The predicted octanol–water partition coefficient (Wildman–Crippen LogP) is 5.24. The third-order valence-corrected chi connectivity index (χ3v) is 2.42. The van der Waals surface area contributed by atoms with E-state index in [4.69, 9.17) is 0 Å². The van der Waals surface area contributed by atoms with E-state index in [0.717, 1.165) is 29.5 Å². The minimum absolute atomic E-state index is 0.879. The van der Waals surface area contributed by atoms with E-state index >= 15 is 0 Å². The van der Waals surface area contributed by atoms with E-state index in [1.165, 1.54) is 0 Å². The highest BCUT2D eigenvalue weighted by Crippen LogP contribution is 2.52. The average molecular weight is 454 g/mol. The van der Waals surface area contributed by atoms with Gasteiger partial charge in [0.05, 0.1) is 0 Å². The van der Waals surface area contributed by atoms with E-state index in [0.29, 0.717) is 0 Å². The van der Waals surface area contributed by atoms with E-state index in [1.54, 1.807) is 0 Å². The predicted molar refractivity (Wildman–Crippen MR) is 55.0 cm³/mol. The van der Waals surface area contributed by atoms with Crippen molar-refractivity contribution in [1.29, 1.82) is 0 Å². The van der Waals surface area contributed by atoms with Crippen LogP contribution < -0.4 is 0 Å². The van der Waals surface area contributed by atoms with Gasteiger partial charge >= 0.3 is 30.2 Å². The summed E-state index contributed by atoms with van der Waals surface area (Å²) in [6, 6.07) is 0. The zero-order chi connectivity index (χ0) is 17.5. The van der Waals surface area contributed by atoms with E-state index in [-0.39, 0.29) is 0 Å². The van der Waals surface area contributed by atoms with Gasteiger partial charge in [0.15, 0.2) is 0 Å². The smallest absolute Gasteiger partial charge is 0.269 e. The number of hydrogen-bond donors (Lipinski definition) is 0. The maximum absolute atomic E-state index is 13.4. The Morgan fingerprint density at radius 3 is 1.43 bits per heavy atom. The molecule has 2 atom stereocenters. The van der Waals surface area contributed by atoms with Gasteiger partial charge < -0.3 is 0 Å². The van der Waals surface area contributed by atoms with Crippen LogP contribution in [0.2, 0.25) is 0 Å². The summed E-state index contributed by atoms with van der Waals surface area (Å²) in [5.41, 5.74) is 0. The molecule has 0 fully saturated rings. The van der Waals surface area contributed by atoms with Crippen LogP contribution in [0, 0.1) is 0 Å². The van der Waals surface area contributed by atoms with Crippen molar-refractivity contribution in [2.75, 3.05) is 0 Å². The summed E-state index contributed by atoms with van der Waals surface area (Å²) < 4.78 is 137. The first-order chi connectivity index (χ1) is 8.87. The number of halogens is 12. The Morgan fingerprint density at radius 1 is 0.810 bits per heavy atom. The lowest BCUT2D eigenvalue weighted by atomic mass is 10.1. The molecule has 0 unspecified atom stereocenters. The molecule has 0 aromatic carbocycles. The Morgan fingerprint density at radius 2 is 1.19 bits per heavy atom. The first kappa shape index (κ1) is 20.9. The van der Waals surface area contributed by atoms with Gasteiger partial charge in [-0.15, -0.1) is 0 Å². The molecule has 0 aliphatic carbocycles. The van der Waals surface area contributed by atoms with E-state index in [9.17, 15) is 48.3 Å². The van der Waals surface area contributed by atoms with Crippen molar-refractivity contribution in [1.82, 2.24) is 0 Å². The Balaban J connectivity index is 5.64. The molecule has 0 heterocycles. The molecule has 1 nitrogen and oxygen atoms in total. The normalized spacial score (nSPS) is 19.3. The fourth-order valence-electron chi connectivity index (χ4n) is 1.01. The summed E-state index contributed by atoms with van der Waals surface area (Å²) in [5, 5.41) is 0. The third-order valence-electron chi connectivity index (χ3n) is 1.98. The quantitative estimate of drug-likeness (QED) is 0.314. The van der Waals surface area contributed by atoms with Gasteiger partial charge in [-0.05, 0) is 0 Å². The van der Waals surface area contributed by atoms with Crippen LogP contribution in [0.25, 0.3) is 0 Å². The lowest BCUT2D eigenvalue weighted by Gasteiger charge is -2.35. The van der Waals surface area contributed by atoms with Crippen LogP contribution in [0.15, 0.2) is 0 Å². The number of ether oxygens (including phenoxy) is 1. The molecule has 0 rings (SSSR count). The molecule has 0 bridgehead atoms. The van der Waals surface area contributed by atoms with Crippen LogP contribution in [0.4, 0.5) is 48.3 Å². The molecule has 0 saturated heterocycles. The summed E-state index contributed by atoms with van der Waals surface area (Å²) in [4.78, 5) is 0. The third kappa shape index (κ3) is 4.45. The molecule has 0 amide bonds. The first-order valence-electron chi connectivity index (χ1n) is 4.79. The SMILES string of the molecule is C[C@H](I)C[C@](F)(OC(F)(F)C(F)(F)C(F)(F)F)C(F)(F)F. The van der Waals surface area contributed by atoms with Crippen molar-refractivity contribution in [3.05, 3.63) is 0 Å². The van der Waals surface area contributed by atoms with Crippen molar-refractivity contribution in [2.24, 2.45) is 0 Å². The number of hydrogen-bond acceptors (Lipinski definition) is 1. The molecule has 0 radical (unpaired) electrons. The Labute approximate surface area is 123 Å². The van der Waals surface area contributed by atoms with Gasteiger partial charge in [-0.25, -0.2) is 4.39 Å². The summed E-state index contributed by atoms with van der Waals surface area (Å²) >= 11 is 1.12. The second-order valence-electron chi connectivity index (χ2n) is 3.90. The minimum Gasteiger partial charge on any atom is -0.269 e. The fourth-order valence-corrected chi connectivity index (χ4v) is 1.58. The van der Waals surface area contributed by atoms with Gasteiger partial charge in [-0.2, -0.15) is 43.9 Å². The standard InChI is InChI=1S/C8H6F11IO/c1-3(20)2-4(9,6(12,13)14)21-8(18,19)5(10,11)7(15,16)17/h3H,2H2,1H3/t3-,4-/m0/s1. The largest absolute Gasteiger partial charge is 0.462 e. The average Bonchev–Trinajstić information content (AvgIpc) is 2.10. The van der Waals surface area contributed by atoms with Crippen molar-refractivity contribution in [3.8, 4) is 0 Å². The Kier molecular flexibility index (Phi) is 5.83.